The number of halogens is 3. The molecule has 5 nitrogen and oxygen atoms in total. The fourth-order valence-electron chi connectivity index (χ4n) is 3.14. The molecule has 0 atom stereocenters. The summed E-state index contributed by atoms with van der Waals surface area (Å²) in [7, 11) is -4.29. The summed E-state index contributed by atoms with van der Waals surface area (Å²) in [4.78, 5) is 3.60. The SMILES string of the molecule is CCCn1cc(CCNS(=O)(=O)c2ccccc2C(F)(F)F)c2cccnc21. The number of alkyl halides is 3. The van der Waals surface area contributed by atoms with Crippen LogP contribution in [0, 0.1) is 0 Å². The number of aryl methyl sites for hydroxylation is 1. The monoisotopic (exact) mass is 411 g/mol. The number of aromatic nitrogens is 2. The van der Waals surface area contributed by atoms with Crippen LogP contribution in [0.15, 0.2) is 53.7 Å². The van der Waals surface area contributed by atoms with Gasteiger partial charge < -0.3 is 4.57 Å². The first-order chi connectivity index (χ1) is 13.2. The summed E-state index contributed by atoms with van der Waals surface area (Å²) in [5, 5.41) is 0.908. The van der Waals surface area contributed by atoms with E-state index in [9.17, 15) is 21.6 Å². The molecule has 0 radical (unpaired) electrons. The molecule has 0 fully saturated rings. The zero-order valence-electron chi connectivity index (χ0n) is 15.2. The third-order valence-electron chi connectivity index (χ3n) is 4.35. The summed E-state index contributed by atoms with van der Waals surface area (Å²) in [6.07, 6.45) is 0.117. The van der Waals surface area contributed by atoms with Gasteiger partial charge in [0.1, 0.15) is 5.65 Å². The quantitative estimate of drug-likeness (QED) is 0.640. The van der Waals surface area contributed by atoms with E-state index in [4.69, 9.17) is 0 Å². The molecule has 2 heterocycles. The Kier molecular flexibility index (Phi) is 5.76. The van der Waals surface area contributed by atoms with E-state index >= 15 is 0 Å². The Morgan fingerprint density at radius 2 is 1.89 bits per heavy atom. The van der Waals surface area contributed by atoms with Crippen molar-refractivity contribution in [2.45, 2.75) is 37.4 Å². The highest BCUT2D eigenvalue weighted by molar-refractivity contribution is 7.89. The molecule has 9 heteroatoms. The van der Waals surface area contributed by atoms with Gasteiger partial charge in [0.2, 0.25) is 10.0 Å². The highest BCUT2D eigenvalue weighted by Gasteiger charge is 2.36. The summed E-state index contributed by atoms with van der Waals surface area (Å²) in [6, 6.07) is 7.86. The molecule has 0 spiro atoms. The van der Waals surface area contributed by atoms with Crippen molar-refractivity contribution in [1.29, 1.82) is 0 Å². The number of fused-ring (bicyclic) bond motifs is 1. The second-order valence-electron chi connectivity index (χ2n) is 6.36. The fourth-order valence-corrected chi connectivity index (χ4v) is 4.40. The molecule has 3 rings (SSSR count). The van der Waals surface area contributed by atoms with Crippen molar-refractivity contribution in [3.05, 3.63) is 59.9 Å². The molecule has 0 bridgehead atoms. The van der Waals surface area contributed by atoms with E-state index in [0.29, 0.717) is 6.42 Å². The van der Waals surface area contributed by atoms with Crippen LogP contribution in [0.25, 0.3) is 11.0 Å². The molecule has 1 aromatic carbocycles. The van der Waals surface area contributed by atoms with Crippen LogP contribution in [0.4, 0.5) is 13.2 Å². The Morgan fingerprint density at radius 3 is 2.61 bits per heavy atom. The van der Waals surface area contributed by atoms with Crippen LogP contribution in [-0.4, -0.2) is 24.5 Å². The number of sulfonamides is 1. The van der Waals surface area contributed by atoms with Crippen molar-refractivity contribution in [1.82, 2.24) is 14.3 Å². The number of nitrogens with one attached hydrogen (secondary N) is 1. The summed E-state index contributed by atoms with van der Waals surface area (Å²) >= 11 is 0. The Morgan fingerprint density at radius 1 is 1.14 bits per heavy atom. The van der Waals surface area contributed by atoms with E-state index in [1.807, 2.05) is 23.8 Å². The number of rotatable bonds is 7. The maximum Gasteiger partial charge on any atom is 0.417 e. The Bertz CT molecular complexity index is 1080. The van der Waals surface area contributed by atoms with E-state index in [0.717, 1.165) is 47.8 Å². The standard InChI is InChI=1S/C19H20F3N3O2S/c1-2-12-25-13-14(15-6-5-10-23-18(15)25)9-11-24-28(26,27)17-8-4-3-7-16(17)19(20,21)22/h3-8,10,13,24H,2,9,11-12H2,1H3. The molecule has 150 valence electrons. The molecular formula is C19H20F3N3O2S. The molecule has 0 amide bonds. The van der Waals surface area contributed by atoms with Gasteiger partial charge in [-0.3, -0.25) is 0 Å². The highest BCUT2D eigenvalue weighted by atomic mass is 32.2. The van der Waals surface area contributed by atoms with Gasteiger partial charge in [0.25, 0.3) is 0 Å². The first-order valence-electron chi connectivity index (χ1n) is 8.82. The van der Waals surface area contributed by atoms with E-state index in [2.05, 4.69) is 9.71 Å². The fraction of sp³-hybridized carbons (Fsp3) is 0.316. The van der Waals surface area contributed by atoms with Gasteiger partial charge >= 0.3 is 6.18 Å². The highest BCUT2D eigenvalue weighted by Crippen LogP contribution is 2.33. The lowest BCUT2D eigenvalue weighted by molar-refractivity contribution is -0.139. The molecule has 0 aliphatic heterocycles. The van der Waals surface area contributed by atoms with Crippen molar-refractivity contribution in [2.75, 3.05) is 6.54 Å². The second-order valence-corrected chi connectivity index (χ2v) is 8.10. The zero-order valence-corrected chi connectivity index (χ0v) is 16.0. The number of benzene rings is 1. The van der Waals surface area contributed by atoms with Crippen molar-refractivity contribution in [3.8, 4) is 0 Å². The lowest BCUT2D eigenvalue weighted by Gasteiger charge is -2.13. The largest absolute Gasteiger partial charge is 0.417 e. The molecule has 0 unspecified atom stereocenters. The molecular weight excluding hydrogens is 391 g/mol. The van der Waals surface area contributed by atoms with Crippen molar-refractivity contribution in [2.24, 2.45) is 0 Å². The van der Waals surface area contributed by atoms with Gasteiger partial charge in [0.15, 0.2) is 0 Å². The maximum absolute atomic E-state index is 13.1. The topological polar surface area (TPSA) is 64.0 Å². The lowest BCUT2D eigenvalue weighted by atomic mass is 10.2. The van der Waals surface area contributed by atoms with Gasteiger partial charge in [0, 0.05) is 30.9 Å². The van der Waals surface area contributed by atoms with Gasteiger partial charge in [-0.1, -0.05) is 19.1 Å². The van der Waals surface area contributed by atoms with E-state index < -0.39 is 26.7 Å². The van der Waals surface area contributed by atoms with Crippen LogP contribution >= 0.6 is 0 Å². The van der Waals surface area contributed by atoms with Gasteiger partial charge in [0.05, 0.1) is 10.5 Å². The molecule has 2 aromatic heterocycles. The van der Waals surface area contributed by atoms with Crippen LogP contribution in [0.5, 0.6) is 0 Å². The van der Waals surface area contributed by atoms with E-state index in [1.54, 1.807) is 12.3 Å². The average molecular weight is 411 g/mol. The van der Waals surface area contributed by atoms with E-state index in [1.165, 1.54) is 6.07 Å². The first-order valence-corrected chi connectivity index (χ1v) is 10.3. The first kappa shape index (κ1) is 20.3. The Hall–Kier alpha value is -2.39. The minimum atomic E-state index is -4.75. The summed E-state index contributed by atoms with van der Waals surface area (Å²) in [6.45, 7) is 2.80. The predicted octanol–water partition coefficient (Wildman–Crippen LogP) is 3.99. The molecule has 0 saturated carbocycles. The third-order valence-corrected chi connectivity index (χ3v) is 5.87. The van der Waals surface area contributed by atoms with Gasteiger partial charge in [-0.2, -0.15) is 13.2 Å². The smallest absolute Gasteiger partial charge is 0.332 e. The number of nitrogens with zero attached hydrogens (tertiary/aromatic N) is 2. The minimum absolute atomic E-state index is 0.0192. The summed E-state index contributed by atoms with van der Waals surface area (Å²) in [5.41, 5.74) is 0.527. The van der Waals surface area contributed by atoms with Crippen LogP contribution in [0.2, 0.25) is 0 Å². The zero-order chi connectivity index (χ0) is 20.4. The maximum atomic E-state index is 13.1. The van der Waals surface area contributed by atoms with Gasteiger partial charge in [-0.05, 0) is 42.7 Å². The number of pyridine rings is 1. The molecule has 28 heavy (non-hydrogen) atoms. The van der Waals surface area contributed by atoms with E-state index in [-0.39, 0.29) is 6.54 Å². The molecule has 1 N–H and O–H groups in total. The summed E-state index contributed by atoms with van der Waals surface area (Å²) in [5.74, 6) is 0. The van der Waals surface area contributed by atoms with Crippen molar-refractivity contribution >= 4 is 21.1 Å². The third kappa shape index (κ3) is 4.20. The number of hydrogen-bond donors (Lipinski definition) is 1. The lowest BCUT2D eigenvalue weighted by Crippen LogP contribution is -2.28. The molecule has 0 aliphatic carbocycles. The number of hydrogen-bond acceptors (Lipinski definition) is 3. The van der Waals surface area contributed by atoms with Crippen LogP contribution in [0.3, 0.4) is 0 Å². The van der Waals surface area contributed by atoms with Gasteiger partial charge in [-0.25, -0.2) is 18.1 Å². The minimum Gasteiger partial charge on any atom is -0.332 e. The Labute approximate surface area is 161 Å². The normalized spacial score (nSPS) is 12.6. The van der Waals surface area contributed by atoms with Crippen LogP contribution in [-0.2, 0) is 29.2 Å². The predicted molar refractivity (Wildman–Crippen MR) is 100 cm³/mol. The van der Waals surface area contributed by atoms with Crippen molar-refractivity contribution in [3.63, 3.8) is 0 Å². The molecule has 0 saturated heterocycles. The average Bonchev–Trinajstić information content (AvgIpc) is 2.99. The Balaban J connectivity index is 1.80. The van der Waals surface area contributed by atoms with Crippen molar-refractivity contribution < 1.29 is 21.6 Å². The second kappa shape index (κ2) is 7.92. The van der Waals surface area contributed by atoms with Crippen LogP contribution < -0.4 is 4.72 Å². The van der Waals surface area contributed by atoms with Gasteiger partial charge in [-0.15, -0.1) is 0 Å². The van der Waals surface area contributed by atoms with Crippen LogP contribution in [0.1, 0.15) is 24.5 Å². The summed E-state index contributed by atoms with van der Waals surface area (Å²) < 4.78 is 68.5. The molecule has 3 aromatic rings. The molecule has 0 aliphatic rings.